The second kappa shape index (κ2) is 6.98. The second-order valence-corrected chi connectivity index (χ2v) is 6.58. The summed E-state index contributed by atoms with van der Waals surface area (Å²) in [6, 6.07) is 10.2. The Bertz CT molecular complexity index is 782. The summed E-state index contributed by atoms with van der Waals surface area (Å²) in [6.45, 7) is 0.558. The summed E-state index contributed by atoms with van der Waals surface area (Å²) < 4.78 is 26.4. The lowest BCUT2D eigenvalue weighted by Crippen LogP contribution is -2.48. The molecule has 132 valence electrons. The molecule has 1 heterocycles. The lowest BCUT2D eigenvalue weighted by atomic mass is 10.0. The summed E-state index contributed by atoms with van der Waals surface area (Å²) in [7, 11) is 0. The van der Waals surface area contributed by atoms with E-state index in [-0.39, 0.29) is 19.5 Å². The largest absolute Gasteiger partial charge is 0.378 e. The third-order valence-corrected chi connectivity index (χ3v) is 4.45. The van der Waals surface area contributed by atoms with Crippen molar-refractivity contribution in [2.24, 2.45) is 0 Å². The molecule has 1 fully saturated rings. The van der Waals surface area contributed by atoms with Gasteiger partial charge in [0.05, 0.1) is 6.54 Å². The number of β-amino-alcohol motifs (C(OH)–C–C–N with tert-alkyl or cyclic N) is 1. The number of carbonyl (C=O) groups is 1. The van der Waals surface area contributed by atoms with Crippen molar-refractivity contribution in [3.63, 3.8) is 0 Å². The van der Waals surface area contributed by atoms with Crippen molar-refractivity contribution in [1.82, 2.24) is 5.32 Å². The van der Waals surface area contributed by atoms with Gasteiger partial charge in [0.1, 0.15) is 11.6 Å². The van der Waals surface area contributed by atoms with Gasteiger partial charge >= 0.3 is 0 Å². The van der Waals surface area contributed by atoms with Gasteiger partial charge in [-0.3, -0.25) is 4.79 Å². The Labute approximate surface area is 149 Å². The van der Waals surface area contributed by atoms with Gasteiger partial charge < -0.3 is 15.3 Å². The van der Waals surface area contributed by atoms with Gasteiger partial charge in [-0.15, -0.1) is 0 Å². The summed E-state index contributed by atoms with van der Waals surface area (Å²) >= 11 is 5.97. The molecule has 2 N–H and O–H groups in total. The van der Waals surface area contributed by atoms with Crippen LogP contribution in [-0.2, 0) is 11.3 Å². The molecule has 1 amide bonds. The molecule has 1 aliphatic heterocycles. The molecule has 7 heteroatoms. The maximum atomic E-state index is 13.2. The maximum absolute atomic E-state index is 13.2. The fourth-order valence-corrected chi connectivity index (χ4v) is 3.12. The maximum Gasteiger partial charge on any atom is 0.254 e. The number of benzene rings is 2. The van der Waals surface area contributed by atoms with Crippen LogP contribution in [-0.4, -0.2) is 29.7 Å². The number of amides is 1. The third-order valence-electron chi connectivity index (χ3n) is 4.22. The molecule has 0 aliphatic carbocycles. The van der Waals surface area contributed by atoms with Crippen molar-refractivity contribution >= 4 is 23.2 Å². The molecule has 0 spiro atoms. The molecular formula is C18H17ClF2N2O2. The molecule has 0 radical (unpaired) electrons. The molecule has 25 heavy (non-hydrogen) atoms. The van der Waals surface area contributed by atoms with E-state index in [1.54, 1.807) is 18.2 Å². The molecule has 2 aromatic carbocycles. The van der Waals surface area contributed by atoms with E-state index in [1.807, 2.05) is 11.0 Å². The van der Waals surface area contributed by atoms with Crippen LogP contribution in [0.2, 0.25) is 5.02 Å². The number of hydrogen-bond donors (Lipinski definition) is 2. The molecule has 1 unspecified atom stereocenters. The minimum Gasteiger partial charge on any atom is -0.378 e. The number of halogens is 3. The zero-order valence-electron chi connectivity index (χ0n) is 13.3. The van der Waals surface area contributed by atoms with Crippen LogP contribution in [0.3, 0.4) is 0 Å². The number of hydrogen-bond acceptors (Lipinski definition) is 3. The number of rotatable bonds is 4. The van der Waals surface area contributed by atoms with Crippen LogP contribution in [0.4, 0.5) is 14.5 Å². The monoisotopic (exact) mass is 366 g/mol. The summed E-state index contributed by atoms with van der Waals surface area (Å²) in [5.74, 6) is -1.99. The average molecular weight is 367 g/mol. The first-order chi connectivity index (χ1) is 11.9. The Morgan fingerprint density at radius 3 is 2.64 bits per heavy atom. The van der Waals surface area contributed by atoms with Crippen molar-refractivity contribution in [3.8, 4) is 0 Å². The Hall–Kier alpha value is -2.18. The van der Waals surface area contributed by atoms with Gasteiger partial charge in [0.25, 0.3) is 5.91 Å². The van der Waals surface area contributed by atoms with Crippen LogP contribution in [0.1, 0.15) is 12.0 Å². The molecular weight excluding hydrogens is 350 g/mol. The van der Waals surface area contributed by atoms with E-state index < -0.39 is 23.1 Å². The number of carbonyl (C=O) groups excluding carboxylic acids is 1. The predicted octanol–water partition coefficient (Wildman–Crippen LogP) is 2.88. The minimum atomic E-state index is -1.56. The second-order valence-electron chi connectivity index (χ2n) is 6.14. The zero-order valence-corrected chi connectivity index (χ0v) is 14.1. The number of nitrogens with one attached hydrogen (secondary N) is 1. The van der Waals surface area contributed by atoms with Gasteiger partial charge in [-0.2, -0.15) is 0 Å². The fraction of sp³-hybridized carbons (Fsp3) is 0.278. The van der Waals surface area contributed by atoms with Crippen LogP contribution < -0.4 is 10.2 Å². The van der Waals surface area contributed by atoms with E-state index in [2.05, 4.69) is 5.32 Å². The lowest BCUT2D eigenvalue weighted by Gasteiger charge is -2.23. The molecule has 0 saturated carbocycles. The van der Waals surface area contributed by atoms with Gasteiger partial charge in [0.2, 0.25) is 0 Å². The van der Waals surface area contributed by atoms with Gasteiger partial charge in [-0.05, 0) is 35.9 Å². The highest BCUT2D eigenvalue weighted by atomic mass is 35.5. The van der Waals surface area contributed by atoms with Gasteiger partial charge in [0.15, 0.2) is 5.60 Å². The van der Waals surface area contributed by atoms with Crippen LogP contribution in [0.5, 0.6) is 0 Å². The van der Waals surface area contributed by atoms with Crippen LogP contribution in [0.25, 0.3) is 0 Å². The topological polar surface area (TPSA) is 52.6 Å². The standard InChI is InChI=1S/C18H17ClF2N2O2/c19-13-2-1-3-16(8-13)23-5-4-18(25,11-23)17(24)22-10-12-6-14(20)9-15(21)7-12/h1-3,6-9,25H,4-5,10-11H2,(H,22,24). The van der Waals surface area contributed by atoms with Gasteiger partial charge in [-0.25, -0.2) is 8.78 Å². The number of aliphatic hydroxyl groups is 1. The van der Waals surface area contributed by atoms with Crippen LogP contribution in [0.15, 0.2) is 42.5 Å². The highest BCUT2D eigenvalue weighted by molar-refractivity contribution is 6.30. The SMILES string of the molecule is O=C(NCc1cc(F)cc(F)c1)C1(O)CCN(c2cccc(Cl)c2)C1. The molecule has 1 atom stereocenters. The normalized spacial score (nSPS) is 19.9. The number of anilines is 1. The van der Waals surface area contributed by atoms with E-state index in [0.717, 1.165) is 23.9 Å². The molecule has 2 aromatic rings. The van der Waals surface area contributed by atoms with E-state index in [1.165, 1.54) is 0 Å². The van der Waals surface area contributed by atoms with Gasteiger partial charge in [-0.1, -0.05) is 17.7 Å². The summed E-state index contributed by atoms with van der Waals surface area (Å²) in [5, 5.41) is 13.7. The average Bonchev–Trinajstić information content (AvgIpc) is 2.95. The quantitative estimate of drug-likeness (QED) is 0.875. The van der Waals surface area contributed by atoms with E-state index in [9.17, 15) is 18.7 Å². The van der Waals surface area contributed by atoms with Crippen molar-refractivity contribution in [2.75, 3.05) is 18.0 Å². The molecule has 1 aliphatic rings. The first kappa shape index (κ1) is 17.6. The molecule has 0 aromatic heterocycles. The molecule has 4 nitrogen and oxygen atoms in total. The first-order valence-electron chi connectivity index (χ1n) is 7.82. The van der Waals surface area contributed by atoms with Crippen LogP contribution in [0, 0.1) is 11.6 Å². The predicted molar refractivity (Wildman–Crippen MR) is 91.4 cm³/mol. The fourth-order valence-electron chi connectivity index (χ4n) is 2.93. The molecule has 3 rings (SSSR count). The Morgan fingerprint density at radius 2 is 1.96 bits per heavy atom. The Morgan fingerprint density at radius 1 is 1.24 bits per heavy atom. The molecule has 0 bridgehead atoms. The third kappa shape index (κ3) is 4.08. The lowest BCUT2D eigenvalue weighted by molar-refractivity contribution is -0.137. The van der Waals surface area contributed by atoms with Crippen molar-refractivity contribution in [3.05, 3.63) is 64.7 Å². The van der Waals surface area contributed by atoms with E-state index >= 15 is 0 Å². The smallest absolute Gasteiger partial charge is 0.254 e. The van der Waals surface area contributed by atoms with Crippen molar-refractivity contribution in [1.29, 1.82) is 0 Å². The highest BCUT2D eigenvalue weighted by Gasteiger charge is 2.42. The molecule has 1 saturated heterocycles. The summed E-state index contributed by atoms with van der Waals surface area (Å²) in [5.41, 5.74) is -0.448. The number of nitrogens with zero attached hydrogens (tertiary/aromatic N) is 1. The van der Waals surface area contributed by atoms with Gasteiger partial charge in [0, 0.05) is 36.3 Å². The Kier molecular flexibility index (Phi) is 4.92. The summed E-state index contributed by atoms with van der Waals surface area (Å²) in [6.07, 6.45) is 0.253. The van der Waals surface area contributed by atoms with Crippen LogP contribution >= 0.6 is 11.6 Å². The highest BCUT2D eigenvalue weighted by Crippen LogP contribution is 2.28. The Balaban J connectivity index is 1.64. The first-order valence-corrected chi connectivity index (χ1v) is 8.20. The summed E-state index contributed by atoms with van der Waals surface area (Å²) in [4.78, 5) is 14.2. The van der Waals surface area contributed by atoms with Crippen molar-refractivity contribution in [2.45, 2.75) is 18.6 Å². The van der Waals surface area contributed by atoms with E-state index in [0.29, 0.717) is 17.1 Å². The van der Waals surface area contributed by atoms with E-state index in [4.69, 9.17) is 11.6 Å². The van der Waals surface area contributed by atoms with Crippen molar-refractivity contribution < 1.29 is 18.7 Å². The zero-order chi connectivity index (χ0) is 18.0. The minimum absolute atomic E-state index is 0.0625.